The Kier molecular flexibility index (Phi) is 7.10. The zero-order valence-corrected chi connectivity index (χ0v) is 14.6. The van der Waals surface area contributed by atoms with Gasteiger partial charge in [0.05, 0.1) is 7.11 Å². The number of hydrogen-bond donors (Lipinski definition) is 1. The van der Waals surface area contributed by atoms with E-state index in [2.05, 4.69) is 42.8 Å². The number of esters is 1. The van der Waals surface area contributed by atoms with Crippen molar-refractivity contribution in [1.29, 1.82) is 0 Å². The second-order valence-corrected chi connectivity index (χ2v) is 6.84. The average Bonchev–Trinajstić information content (AvgIpc) is 2.44. The summed E-state index contributed by atoms with van der Waals surface area (Å²) >= 11 is 0. The maximum Gasteiger partial charge on any atom is 0.325 e. The minimum Gasteiger partial charge on any atom is -0.468 e. The Hall–Kier alpha value is -0.650. The van der Waals surface area contributed by atoms with Crippen LogP contribution in [-0.4, -0.2) is 73.2 Å². The summed E-state index contributed by atoms with van der Waals surface area (Å²) in [6, 6.07) is 0.877. The number of carbonyl (C=O) groups excluding carboxylic acids is 1. The first-order chi connectivity index (χ1) is 9.78. The van der Waals surface area contributed by atoms with Crippen LogP contribution in [0.25, 0.3) is 0 Å². The summed E-state index contributed by atoms with van der Waals surface area (Å²) < 4.78 is 4.98. The van der Waals surface area contributed by atoms with Gasteiger partial charge in [-0.2, -0.15) is 0 Å². The molecule has 1 aliphatic rings. The van der Waals surface area contributed by atoms with Crippen LogP contribution < -0.4 is 5.32 Å². The lowest BCUT2D eigenvalue weighted by Gasteiger charge is -2.38. The Balaban J connectivity index is 2.49. The highest BCUT2D eigenvalue weighted by Gasteiger charge is 2.35. The van der Waals surface area contributed by atoms with E-state index in [9.17, 15) is 4.79 Å². The number of nitrogens with one attached hydrogen (secondary N) is 1. The topological polar surface area (TPSA) is 44.8 Å². The van der Waals surface area contributed by atoms with Gasteiger partial charge < -0.3 is 9.64 Å². The van der Waals surface area contributed by atoms with Crippen molar-refractivity contribution in [3.63, 3.8) is 0 Å². The number of piperazine rings is 1. The smallest absolute Gasteiger partial charge is 0.325 e. The summed E-state index contributed by atoms with van der Waals surface area (Å²) in [5.41, 5.74) is -0.599. The average molecular weight is 299 g/mol. The summed E-state index contributed by atoms with van der Waals surface area (Å²) in [5, 5.41) is 3.36. The zero-order chi connectivity index (χ0) is 16.0. The summed E-state index contributed by atoms with van der Waals surface area (Å²) in [4.78, 5) is 17.0. The molecule has 5 heteroatoms. The van der Waals surface area contributed by atoms with Crippen LogP contribution in [0.3, 0.4) is 0 Å². The van der Waals surface area contributed by atoms with Crippen LogP contribution in [0.1, 0.15) is 41.0 Å². The number of nitrogens with zero attached hydrogens (tertiary/aromatic N) is 2. The van der Waals surface area contributed by atoms with Crippen LogP contribution in [0.15, 0.2) is 0 Å². The molecule has 0 aromatic heterocycles. The van der Waals surface area contributed by atoms with E-state index in [4.69, 9.17) is 4.74 Å². The predicted molar refractivity (Wildman–Crippen MR) is 86.5 cm³/mol. The van der Waals surface area contributed by atoms with E-state index in [1.54, 1.807) is 0 Å². The standard InChI is InChI=1S/C16H33N3O2/c1-13(2)17-16(5,15(20)21-6)7-8-18-9-11-19(12-10-18)14(3)4/h13-14,17H,7-12H2,1-6H3. The second kappa shape index (κ2) is 8.11. The molecule has 5 nitrogen and oxygen atoms in total. The van der Waals surface area contributed by atoms with Gasteiger partial charge in [-0.25, -0.2) is 0 Å². The van der Waals surface area contributed by atoms with Gasteiger partial charge in [0.2, 0.25) is 0 Å². The van der Waals surface area contributed by atoms with Crippen molar-refractivity contribution < 1.29 is 9.53 Å². The molecule has 0 amide bonds. The van der Waals surface area contributed by atoms with Crippen molar-refractivity contribution in [2.24, 2.45) is 0 Å². The largest absolute Gasteiger partial charge is 0.468 e. The molecule has 0 spiro atoms. The summed E-state index contributed by atoms with van der Waals surface area (Å²) in [6.07, 6.45) is 0.777. The minimum atomic E-state index is -0.599. The number of hydrogen-bond acceptors (Lipinski definition) is 5. The van der Waals surface area contributed by atoms with Crippen molar-refractivity contribution in [1.82, 2.24) is 15.1 Å². The molecule has 0 aromatic carbocycles. The molecule has 124 valence electrons. The number of ether oxygens (including phenoxy) is 1. The Bertz CT molecular complexity index is 325. The summed E-state index contributed by atoms with van der Waals surface area (Å²) in [5.74, 6) is -0.169. The molecule has 0 aliphatic carbocycles. The van der Waals surface area contributed by atoms with Crippen molar-refractivity contribution in [2.75, 3.05) is 39.8 Å². The third-order valence-corrected chi connectivity index (χ3v) is 4.31. The molecule has 0 bridgehead atoms. The fourth-order valence-corrected chi connectivity index (χ4v) is 2.98. The van der Waals surface area contributed by atoms with Gasteiger partial charge in [0.15, 0.2) is 0 Å². The van der Waals surface area contributed by atoms with E-state index in [0.29, 0.717) is 6.04 Å². The second-order valence-electron chi connectivity index (χ2n) is 6.84. The van der Waals surface area contributed by atoms with Crippen molar-refractivity contribution in [2.45, 2.75) is 58.7 Å². The molecule has 1 atom stereocenters. The molecule has 1 N–H and O–H groups in total. The first kappa shape index (κ1) is 18.4. The molecule has 1 rings (SSSR count). The van der Waals surface area contributed by atoms with Gasteiger partial charge in [-0.1, -0.05) is 0 Å². The Morgan fingerprint density at radius 1 is 1.19 bits per heavy atom. The maximum atomic E-state index is 12.1. The van der Waals surface area contributed by atoms with E-state index >= 15 is 0 Å². The van der Waals surface area contributed by atoms with Crippen molar-refractivity contribution >= 4 is 5.97 Å². The predicted octanol–water partition coefficient (Wildman–Crippen LogP) is 1.33. The third-order valence-electron chi connectivity index (χ3n) is 4.31. The van der Waals surface area contributed by atoms with Crippen LogP contribution in [0.4, 0.5) is 0 Å². The molecular weight excluding hydrogens is 266 g/mol. The van der Waals surface area contributed by atoms with Gasteiger partial charge in [0, 0.05) is 44.8 Å². The van der Waals surface area contributed by atoms with Gasteiger partial charge in [-0.3, -0.25) is 15.0 Å². The lowest BCUT2D eigenvalue weighted by atomic mass is 9.96. The quantitative estimate of drug-likeness (QED) is 0.719. The normalized spacial score (nSPS) is 20.8. The Morgan fingerprint density at radius 2 is 1.76 bits per heavy atom. The van der Waals surface area contributed by atoms with Crippen molar-refractivity contribution in [3.05, 3.63) is 0 Å². The lowest BCUT2D eigenvalue weighted by molar-refractivity contribution is -0.148. The van der Waals surface area contributed by atoms with Gasteiger partial charge in [0.1, 0.15) is 5.54 Å². The van der Waals surface area contributed by atoms with E-state index in [1.165, 1.54) is 7.11 Å². The monoisotopic (exact) mass is 299 g/mol. The molecule has 21 heavy (non-hydrogen) atoms. The third kappa shape index (κ3) is 5.57. The lowest BCUT2D eigenvalue weighted by Crippen LogP contribution is -2.56. The molecular formula is C16H33N3O2. The van der Waals surface area contributed by atoms with Gasteiger partial charge >= 0.3 is 5.97 Å². The van der Waals surface area contributed by atoms with E-state index in [0.717, 1.165) is 39.1 Å². The van der Waals surface area contributed by atoms with Crippen LogP contribution in [0.2, 0.25) is 0 Å². The van der Waals surface area contributed by atoms with Crippen LogP contribution in [0.5, 0.6) is 0 Å². The van der Waals surface area contributed by atoms with E-state index in [1.807, 2.05) is 6.92 Å². The first-order valence-corrected chi connectivity index (χ1v) is 8.11. The highest BCUT2D eigenvalue weighted by Crippen LogP contribution is 2.15. The molecule has 0 aromatic rings. The minimum absolute atomic E-state index is 0.169. The summed E-state index contributed by atoms with van der Waals surface area (Å²) in [7, 11) is 1.46. The fourth-order valence-electron chi connectivity index (χ4n) is 2.98. The Labute approximate surface area is 130 Å². The van der Waals surface area contributed by atoms with Crippen molar-refractivity contribution in [3.8, 4) is 0 Å². The fraction of sp³-hybridized carbons (Fsp3) is 0.938. The van der Waals surface area contributed by atoms with Gasteiger partial charge in [-0.15, -0.1) is 0 Å². The highest BCUT2D eigenvalue weighted by atomic mass is 16.5. The van der Waals surface area contributed by atoms with Gasteiger partial charge in [-0.05, 0) is 41.0 Å². The molecule has 1 unspecified atom stereocenters. The van der Waals surface area contributed by atoms with Crippen LogP contribution >= 0.6 is 0 Å². The van der Waals surface area contributed by atoms with E-state index < -0.39 is 5.54 Å². The molecule has 1 aliphatic heterocycles. The number of carbonyl (C=O) groups is 1. The van der Waals surface area contributed by atoms with E-state index in [-0.39, 0.29) is 12.0 Å². The number of methoxy groups -OCH3 is 1. The Morgan fingerprint density at radius 3 is 2.19 bits per heavy atom. The molecule has 0 saturated carbocycles. The first-order valence-electron chi connectivity index (χ1n) is 8.11. The number of rotatable bonds is 7. The van der Waals surface area contributed by atoms with Gasteiger partial charge in [0.25, 0.3) is 0 Å². The van der Waals surface area contributed by atoms with Crippen LogP contribution in [-0.2, 0) is 9.53 Å². The molecule has 1 saturated heterocycles. The van der Waals surface area contributed by atoms with Crippen LogP contribution in [0, 0.1) is 0 Å². The molecule has 1 fully saturated rings. The highest BCUT2D eigenvalue weighted by molar-refractivity contribution is 5.80. The SMILES string of the molecule is COC(=O)C(C)(CCN1CCN(C(C)C)CC1)NC(C)C. The summed E-state index contributed by atoms with van der Waals surface area (Å²) in [6.45, 7) is 15.9. The zero-order valence-electron chi connectivity index (χ0n) is 14.6. The molecule has 0 radical (unpaired) electrons. The maximum absolute atomic E-state index is 12.1. The molecule has 1 heterocycles.